The molecule has 0 spiro atoms. The van der Waals surface area contributed by atoms with E-state index in [0.29, 0.717) is 6.54 Å². The monoisotopic (exact) mass is 380 g/mol. The summed E-state index contributed by atoms with van der Waals surface area (Å²) in [5.74, 6) is 0. The molecule has 0 saturated carbocycles. The minimum atomic E-state index is -0.0209. The molecule has 0 saturated heterocycles. The fourth-order valence-corrected chi connectivity index (χ4v) is 3.36. The second kappa shape index (κ2) is 11.5. The lowest BCUT2D eigenvalue weighted by Crippen LogP contribution is -2.35. The summed E-state index contributed by atoms with van der Waals surface area (Å²) in [6, 6.07) is 14.9. The van der Waals surface area contributed by atoms with Gasteiger partial charge in [0.15, 0.2) is 0 Å². The van der Waals surface area contributed by atoms with Gasteiger partial charge in [-0.15, -0.1) is 0 Å². The summed E-state index contributed by atoms with van der Waals surface area (Å²) in [6.07, 6.45) is 7.00. The highest BCUT2D eigenvalue weighted by molar-refractivity contribution is 5.90. The Kier molecular flexibility index (Phi) is 9.06. The number of carbonyl (C=O) groups is 1. The molecule has 0 aliphatic heterocycles. The predicted molar refractivity (Wildman–Crippen MR) is 120 cm³/mol. The number of nitrogens with one attached hydrogen (secondary N) is 1. The van der Waals surface area contributed by atoms with Gasteiger partial charge in [-0.3, -0.25) is 0 Å². The molecule has 2 aromatic carbocycles. The van der Waals surface area contributed by atoms with E-state index in [2.05, 4.69) is 56.4 Å². The lowest BCUT2D eigenvalue weighted by molar-refractivity contribution is 0.208. The number of hydrogen-bond donors (Lipinski definition) is 1. The van der Waals surface area contributed by atoms with Gasteiger partial charge >= 0.3 is 6.03 Å². The second-order valence-electron chi connectivity index (χ2n) is 7.80. The van der Waals surface area contributed by atoms with Crippen molar-refractivity contribution in [1.29, 1.82) is 0 Å². The molecule has 0 radical (unpaired) electrons. The first kappa shape index (κ1) is 22.0. The number of urea groups is 1. The fourth-order valence-electron chi connectivity index (χ4n) is 3.36. The zero-order valence-corrected chi connectivity index (χ0v) is 18.1. The minimum absolute atomic E-state index is 0.0209. The predicted octanol–water partition coefficient (Wildman–Crippen LogP) is 6.87. The molecule has 152 valence electrons. The third-order valence-electron chi connectivity index (χ3n) is 5.16. The molecule has 0 aliphatic rings. The number of anilines is 1. The molecule has 0 atom stereocenters. The maximum absolute atomic E-state index is 12.9. The highest BCUT2D eigenvalue weighted by Crippen LogP contribution is 2.18. The zero-order chi connectivity index (χ0) is 20.4. The highest BCUT2D eigenvalue weighted by atomic mass is 16.2. The van der Waals surface area contributed by atoms with Crippen molar-refractivity contribution in [3.05, 3.63) is 64.7 Å². The Morgan fingerprint density at radius 2 is 1.57 bits per heavy atom. The van der Waals surface area contributed by atoms with Crippen molar-refractivity contribution in [2.24, 2.45) is 0 Å². The summed E-state index contributed by atoms with van der Waals surface area (Å²) < 4.78 is 0. The quantitative estimate of drug-likeness (QED) is 0.448. The van der Waals surface area contributed by atoms with Crippen molar-refractivity contribution in [3.8, 4) is 0 Å². The minimum Gasteiger partial charge on any atom is -0.320 e. The van der Waals surface area contributed by atoms with Crippen molar-refractivity contribution < 1.29 is 4.79 Å². The SMILES string of the molecule is CCCCCc1ccc(CN(CCCC)C(=O)Nc2ccc(C)cc2C)cc1. The van der Waals surface area contributed by atoms with Gasteiger partial charge < -0.3 is 10.2 Å². The standard InChI is InChI=1S/C25H36N2O/c1-5-7-9-10-22-12-14-23(15-13-22)19-27(17-8-6-2)25(28)26-24-16-11-20(3)18-21(24)4/h11-16,18H,5-10,17,19H2,1-4H3,(H,26,28). The van der Waals surface area contributed by atoms with E-state index in [4.69, 9.17) is 0 Å². The number of rotatable bonds is 10. The van der Waals surface area contributed by atoms with Crippen LogP contribution in [0.25, 0.3) is 0 Å². The van der Waals surface area contributed by atoms with Crippen LogP contribution in [-0.2, 0) is 13.0 Å². The van der Waals surface area contributed by atoms with E-state index in [1.165, 1.54) is 36.0 Å². The van der Waals surface area contributed by atoms with Crippen molar-refractivity contribution in [3.63, 3.8) is 0 Å². The average Bonchev–Trinajstić information content (AvgIpc) is 2.68. The van der Waals surface area contributed by atoms with Gasteiger partial charge in [0.2, 0.25) is 0 Å². The fraction of sp³-hybridized carbons (Fsp3) is 0.480. The van der Waals surface area contributed by atoms with Crippen molar-refractivity contribution in [1.82, 2.24) is 4.90 Å². The van der Waals surface area contributed by atoms with E-state index in [1.54, 1.807) is 0 Å². The number of carbonyl (C=O) groups excluding carboxylic acids is 1. The van der Waals surface area contributed by atoms with Crippen molar-refractivity contribution in [2.75, 3.05) is 11.9 Å². The van der Waals surface area contributed by atoms with E-state index in [-0.39, 0.29) is 6.03 Å². The molecule has 0 unspecified atom stereocenters. The molecule has 0 bridgehead atoms. The van der Waals surface area contributed by atoms with Crippen LogP contribution in [-0.4, -0.2) is 17.5 Å². The van der Waals surface area contributed by atoms with Gasteiger partial charge in [0, 0.05) is 18.8 Å². The average molecular weight is 381 g/mol. The van der Waals surface area contributed by atoms with E-state index >= 15 is 0 Å². The Morgan fingerprint density at radius 3 is 2.21 bits per heavy atom. The highest BCUT2D eigenvalue weighted by Gasteiger charge is 2.15. The third kappa shape index (κ3) is 7.03. The van der Waals surface area contributed by atoms with Gasteiger partial charge in [0.1, 0.15) is 0 Å². The Hall–Kier alpha value is -2.29. The first-order valence-electron chi connectivity index (χ1n) is 10.7. The van der Waals surface area contributed by atoms with Gasteiger partial charge in [-0.05, 0) is 55.9 Å². The van der Waals surface area contributed by atoms with Crippen LogP contribution in [0.1, 0.15) is 68.2 Å². The summed E-state index contributed by atoms with van der Waals surface area (Å²) in [5, 5.41) is 3.10. The van der Waals surface area contributed by atoms with Crippen LogP contribution in [0.4, 0.5) is 10.5 Å². The summed E-state index contributed by atoms with van der Waals surface area (Å²) in [7, 11) is 0. The first-order chi connectivity index (χ1) is 13.5. The molecule has 2 rings (SSSR count). The number of hydrogen-bond acceptors (Lipinski definition) is 1. The van der Waals surface area contributed by atoms with Crippen molar-refractivity contribution >= 4 is 11.7 Å². The number of unbranched alkanes of at least 4 members (excludes halogenated alkanes) is 3. The molecule has 0 heterocycles. The lowest BCUT2D eigenvalue weighted by atomic mass is 10.1. The van der Waals surface area contributed by atoms with Crippen molar-refractivity contribution in [2.45, 2.75) is 72.8 Å². The topological polar surface area (TPSA) is 32.3 Å². The van der Waals surface area contributed by atoms with Gasteiger partial charge in [0.05, 0.1) is 0 Å². The first-order valence-corrected chi connectivity index (χ1v) is 10.7. The van der Waals surface area contributed by atoms with E-state index in [1.807, 2.05) is 24.0 Å². The smallest absolute Gasteiger partial charge is 0.320 e. The van der Waals surface area contributed by atoms with Gasteiger partial charge in [0.25, 0.3) is 0 Å². The summed E-state index contributed by atoms with van der Waals surface area (Å²) in [4.78, 5) is 14.8. The molecule has 28 heavy (non-hydrogen) atoms. The van der Waals surface area contributed by atoms with Gasteiger partial charge in [-0.25, -0.2) is 4.79 Å². The molecular formula is C25H36N2O. The van der Waals surface area contributed by atoms with Crippen LogP contribution in [0.3, 0.4) is 0 Å². The van der Waals surface area contributed by atoms with Crippen LogP contribution in [0.2, 0.25) is 0 Å². The van der Waals surface area contributed by atoms with Gasteiger partial charge in [-0.1, -0.05) is 75.1 Å². The van der Waals surface area contributed by atoms with E-state index < -0.39 is 0 Å². The Balaban J connectivity index is 2.02. The molecule has 3 heteroatoms. The van der Waals surface area contributed by atoms with Crippen LogP contribution in [0, 0.1) is 13.8 Å². The summed E-state index contributed by atoms with van der Waals surface area (Å²) in [5.41, 5.74) is 5.77. The van der Waals surface area contributed by atoms with Crippen LogP contribution in [0.5, 0.6) is 0 Å². The number of benzene rings is 2. The molecule has 0 aliphatic carbocycles. The number of nitrogens with zero attached hydrogens (tertiary/aromatic N) is 1. The molecule has 2 amide bonds. The Bertz CT molecular complexity index is 737. The summed E-state index contributed by atoms with van der Waals surface area (Å²) >= 11 is 0. The van der Waals surface area contributed by atoms with E-state index in [0.717, 1.165) is 37.1 Å². The lowest BCUT2D eigenvalue weighted by Gasteiger charge is -2.24. The number of aryl methyl sites for hydroxylation is 3. The largest absolute Gasteiger partial charge is 0.322 e. The summed E-state index contributed by atoms with van der Waals surface area (Å²) in [6.45, 7) is 9.91. The molecule has 0 aromatic heterocycles. The maximum atomic E-state index is 12.9. The molecule has 1 N–H and O–H groups in total. The van der Waals surface area contributed by atoms with Crippen LogP contribution >= 0.6 is 0 Å². The second-order valence-corrected chi connectivity index (χ2v) is 7.80. The van der Waals surface area contributed by atoms with E-state index in [9.17, 15) is 4.79 Å². The Morgan fingerprint density at radius 1 is 0.893 bits per heavy atom. The zero-order valence-electron chi connectivity index (χ0n) is 18.1. The molecular weight excluding hydrogens is 344 g/mol. The molecule has 2 aromatic rings. The molecule has 3 nitrogen and oxygen atoms in total. The maximum Gasteiger partial charge on any atom is 0.322 e. The van der Waals surface area contributed by atoms with Gasteiger partial charge in [-0.2, -0.15) is 0 Å². The number of amides is 2. The third-order valence-corrected chi connectivity index (χ3v) is 5.16. The van der Waals surface area contributed by atoms with Crippen LogP contribution < -0.4 is 5.32 Å². The normalized spacial score (nSPS) is 10.7. The van der Waals surface area contributed by atoms with Crippen LogP contribution in [0.15, 0.2) is 42.5 Å². The Labute approximate surface area is 171 Å². The molecule has 0 fully saturated rings.